The van der Waals surface area contributed by atoms with Crippen molar-refractivity contribution in [3.8, 4) is 5.82 Å². The number of halogens is 1. The van der Waals surface area contributed by atoms with Crippen molar-refractivity contribution in [1.82, 2.24) is 19.7 Å². The van der Waals surface area contributed by atoms with E-state index in [2.05, 4.69) is 49.3 Å². The molecule has 1 N–H and O–H groups in total. The van der Waals surface area contributed by atoms with Gasteiger partial charge in [-0.1, -0.05) is 0 Å². The van der Waals surface area contributed by atoms with E-state index in [4.69, 9.17) is 0 Å². The van der Waals surface area contributed by atoms with Gasteiger partial charge in [0.15, 0.2) is 5.82 Å². The maximum absolute atomic E-state index is 4.35. The molecule has 0 saturated carbocycles. The summed E-state index contributed by atoms with van der Waals surface area (Å²) in [6.07, 6.45) is 4.92. The van der Waals surface area contributed by atoms with E-state index in [1.165, 1.54) is 20.6 Å². The number of thiophene rings is 1. The zero-order valence-corrected chi connectivity index (χ0v) is 13.1. The molecule has 0 amide bonds. The van der Waals surface area contributed by atoms with Crippen molar-refractivity contribution in [2.75, 3.05) is 5.32 Å². The molecular formula is C13H12BrN5S. The molecule has 0 saturated heterocycles. The minimum absolute atomic E-state index is 0.753. The number of pyridine rings is 1. The minimum Gasteiger partial charge on any atom is -0.379 e. The molecule has 3 rings (SSSR count). The lowest BCUT2D eigenvalue weighted by Crippen LogP contribution is -2.01. The summed E-state index contributed by atoms with van der Waals surface area (Å²) in [6.45, 7) is 2.90. The highest BCUT2D eigenvalue weighted by atomic mass is 79.9. The van der Waals surface area contributed by atoms with Crippen LogP contribution in [0.4, 0.5) is 5.69 Å². The number of nitrogens with one attached hydrogen (secondary N) is 1. The topological polar surface area (TPSA) is 55.6 Å². The predicted octanol–water partition coefficient (Wildman–Crippen LogP) is 3.41. The second kappa shape index (κ2) is 5.72. The van der Waals surface area contributed by atoms with E-state index in [9.17, 15) is 0 Å². The van der Waals surface area contributed by atoms with Gasteiger partial charge in [0.05, 0.1) is 11.9 Å². The van der Waals surface area contributed by atoms with Crippen LogP contribution >= 0.6 is 27.3 Å². The van der Waals surface area contributed by atoms with Gasteiger partial charge in [0.1, 0.15) is 12.7 Å². The van der Waals surface area contributed by atoms with Crippen LogP contribution in [0.25, 0.3) is 5.82 Å². The first-order valence-electron chi connectivity index (χ1n) is 6.02. The zero-order valence-electron chi connectivity index (χ0n) is 10.7. The monoisotopic (exact) mass is 349 g/mol. The Balaban J connectivity index is 1.66. The number of rotatable bonds is 4. The van der Waals surface area contributed by atoms with E-state index in [1.807, 2.05) is 12.1 Å². The number of anilines is 1. The van der Waals surface area contributed by atoms with E-state index < -0.39 is 0 Å². The fourth-order valence-electron chi connectivity index (χ4n) is 1.75. The summed E-state index contributed by atoms with van der Waals surface area (Å²) in [4.78, 5) is 10.8. The zero-order chi connectivity index (χ0) is 13.9. The van der Waals surface area contributed by atoms with Crippen LogP contribution in [0.2, 0.25) is 0 Å². The van der Waals surface area contributed by atoms with Crippen LogP contribution in [-0.2, 0) is 6.54 Å². The molecule has 0 atom stereocenters. The maximum atomic E-state index is 4.35. The summed E-state index contributed by atoms with van der Waals surface area (Å²) in [5.41, 5.74) is 0.982. The molecular weight excluding hydrogens is 338 g/mol. The molecule has 0 aromatic carbocycles. The number of nitrogens with zero attached hydrogens (tertiary/aromatic N) is 4. The Labute approximate surface area is 128 Å². The molecule has 20 heavy (non-hydrogen) atoms. The Morgan fingerprint density at radius 1 is 1.40 bits per heavy atom. The normalized spacial score (nSPS) is 10.7. The molecule has 3 aromatic heterocycles. The van der Waals surface area contributed by atoms with Gasteiger partial charge in [0.2, 0.25) is 0 Å². The molecule has 102 valence electrons. The van der Waals surface area contributed by atoms with Gasteiger partial charge in [0.25, 0.3) is 0 Å². The molecule has 0 aliphatic carbocycles. The molecule has 3 aromatic rings. The van der Waals surface area contributed by atoms with E-state index in [0.29, 0.717) is 0 Å². The van der Waals surface area contributed by atoms with Crippen LogP contribution < -0.4 is 5.32 Å². The van der Waals surface area contributed by atoms with Gasteiger partial charge >= 0.3 is 0 Å². The molecule has 0 unspecified atom stereocenters. The fourth-order valence-corrected chi connectivity index (χ4v) is 3.29. The van der Waals surface area contributed by atoms with Crippen LogP contribution in [0.5, 0.6) is 0 Å². The highest BCUT2D eigenvalue weighted by Crippen LogP contribution is 2.26. The second-order valence-corrected chi connectivity index (χ2v) is 6.41. The van der Waals surface area contributed by atoms with Crippen LogP contribution in [0, 0.1) is 6.92 Å². The van der Waals surface area contributed by atoms with Crippen molar-refractivity contribution in [3.05, 3.63) is 51.3 Å². The summed E-state index contributed by atoms with van der Waals surface area (Å²) in [5, 5.41) is 7.40. The lowest BCUT2D eigenvalue weighted by Gasteiger charge is -2.05. The lowest BCUT2D eigenvalue weighted by atomic mass is 10.3. The maximum Gasteiger partial charge on any atom is 0.155 e. The molecule has 0 aliphatic rings. The van der Waals surface area contributed by atoms with Crippen molar-refractivity contribution < 1.29 is 0 Å². The predicted molar refractivity (Wildman–Crippen MR) is 83.2 cm³/mol. The summed E-state index contributed by atoms with van der Waals surface area (Å²) in [6, 6.07) is 6.04. The number of aromatic nitrogens is 4. The summed E-state index contributed by atoms with van der Waals surface area (Å²) < 4.78 is 2.79. The highest BCUT2D eigenvalue weighted by Gasteiger charge is 2.03. The molecule has 0 spiro atoms. The Hall–Kier alpha value is -1.73. The SMILES string of the molecule is Cc1sc(CNc2ccc(-n3cncn3)nc2)cc1Br. The Kier molecular flexibility index (Phi) is 3.79. The van der Waals surface area contributed by atoms with Gasteiger partial charge in [-0.2, -0.15) is 5.10 Å². The average molecular weight is 350 g/mol. The number of hydrogen-bond donors (Lipinski definition) is 1. The fraction of sp³-hybridized carbons (Fsp3) is 0.154. The quantitative estimate of drug-likeness (QED) is 0.784. The van der Waals surface area contributed by atoms with E-state index in [0.717, 1.165) is 18.1 Å². The Morgan fingerprint density at radius 2 is 2.30 bits per heavy atom. The standard InChI is InChI=1S/C13H12BrN5S/c1-9-12(14)4-11(20-9)6-16-10-2-3-13(17-5-10)19-8-15-7-18-19/h2-5,7-8,16H,6H2,1H3. The summed E-state index contributed by atoms with van der Waals surface area (Å²) in [5.74, 6) is 0.753. The molecule has 3 heterocycles. The van der Waals surface area contributed by atoms with Gasteiger partial charge in [-0.25, -0.2) is 14.6 Å². The molecule has 7 heteroatoms. The first-order chi connectivity index (χ1) is 9.72. The highest BCUT2D eigenvalue weighted by molar-refractivity contribution is 9.10. The van der Waals surface area contributed by atoms with Crippen molar-refractivity contribution in [1.29, 1.82) is 0 Å². The number of hydrogen-bond acceptors (Lipinski definition) is 5. The second-order valence-electron chi connectivity index (χ2n) is 4.22. The van der Waals surface area contributed by atoms with Gasteiger partial charge < -0.3 is 5.32 Å². The van der Waals surface area contributed by atoms with Crippen molar-refractivity contribution in [2.24, 2.45) is 0 Å². The largest absolute Gasteiger partial charge is 0.379 e. The summed E-state index contributed by atoms with van der Waals surface area (Å²) >= 11 is 5.31. The van der Waals surface area contributed by atoms with Crippen LogP contribution in [-0.4, -0.2) is 19.7 Å². The minimum atomic E-state index is 0.753. The Morgan fingerprint density at radius 3 is 2.90 bits per heavy atom. The first kappa shape index (κ1) is 13.3. The van der Waals surface area contributed by atoms with Crippen LogP contribution in [0.3, 0.4) is 0 Å². The van der Waals surface area contributed by atoms with Crippen LogP contribution in [0.15, 0.2) is 41.5 Å². The number of aryl methyl sites for hydroxylation is 1. The van der Waals surface area contributed by atoms with Crippen LogP contribution in [0.1, 0.15) is 9.75 Å². The van der Waals surface area contributed by atoms with E-state index >= 15 is 0 Å². The smallest absolute Gasteiger partial charge is 0.155 e. The molecule has 0 radical (unpaired) electrons. The van der Waals surface area contributed by atoms with Gasteiger partial charge in [-0.15, -0.1) is 11.3 Å². The molecule has 0 fully saturated rings. The van der Waals surface area contributed by atoms with Gasteiger partial charge in [0, 0.05) is 20.8 Å². The molecule has 0 aliphatic heterocycles. The third-order valence-electron chi connectivity index (χ3n) is 2.78. The third-order valence-corrected chi connectivity index (χ3v) is 4.91. The molecule has 5 nitrogen and oxygen atoms in total. The first-order valence-corrected chi connectivity index (χ1v) is 7.63. The lowest BCUT2D eigenvalue weighted by molar-refractivity contribution is 0.845. The summed E-state index contributed by atoms with van der Waals surface area (Å²) in [7, 11) is 0. The van der Waals surface area contributed by atoms with Crippen molar-refractivity contribution >= 4 is 33.0 Å². The van der Waals surface area contributed by atoms with Crippen molar-refractivity contribution in [2.45, 2.75) is 13.5 Å². The Bertz CT molecular complexity index is 671. The van der Waals surface area contributed by atoms with E-state index in [-0.39, 0.29) is 0 Å². The van der Waals surface area contributed by atoms with E-state index in [1.54, 1.807) is 28.5 Å². The third kappa shape index (κ3) is 2.88. The van der Waals surface area contributed by atoms with Crippen molar-refractivity contribution in [3.63, 3.8) is 0 Å². The molecule has 0 bridgehead atoms. The van der Waals surface area contributed by atoms with Gasteiger partial charge in [-0.05, 0) is 41.1 Å². The average Bonchev–Trinajstić information content (AvgIpc) is 3.08. The van der Waals surface area contributed by atoms with Gasteiger partial charge in [-0.3, -0.25) is 0 Å².